The standard InChI is InChI=1S/C9H15F2NO2S2/c1-16(13,14)7-5-9(10,11)4-2-3-6-12-8-15/h2-7H2,1H3. The molecule has 0 radical (unpaired) electrons. The molecule has 0 fully saturated rings. The predicted octanol–water partition coefficient (Wildman–Crippen LogP) is 2.33. The molecule has 0 aliphatic rings. The first-order valence-corrected chi connectivity index (χ1v) is 7.33. The number of sulfone groups is 1. The summed E-state index contributed by atoms with van der Waals surface area (Å²) in [4.78, 5) is 3.60. The molecule has 0 atom stereocenters. The summed E-state index contributed by atoms with van der Waals surface area (Å²) in [7, 11) is -3.32. The number of aliphatic imine (C=N–C) groups is 1. The third-order valence-corrected chi connectivity index (χ3v) is 3.04. The second-order valence-corrected chi connectivity index (χ2v) is 6.11. The second-order valence-electron chi connectivity index (χ2n) is 3.67. The number of halogens is 2. The summed E-state index contributed by atoms with van der Waals surface area (Å²) in [5.41, 5.74) is 0. The van der Waals surface area contributed by atoms with Crippen LogP contribution in [0.1, 0.15) is 25.7 Å². The lowest BCUT2D eigenvalue weighted by atomic mass is 10.1. The topological polar surface area (TPSA) is 46.5 Å². The lowest BCUT2D eigenvalue weighted by molar-refractivity contribution is -0.0126. The summed E-state index contributed by atoms with van der Waals surface area (Å²) in [5.74, 6) is -3.39. The number of thiocarbonyl (C=S) groups is 1. The van der Waals surface area contributed by atoms with Crippen molar-refractivity contribution in [2.45, 2.75) is 31.6 Å². The number of alkyl halides is 2. The summed E-state index contributed by atoms with van der Waals surface area (Å²) >= 11 is 4.33. The Hall–Kier alpha value is -0.390. The van der Waals surface area contributed by atoms with E-state index in [4.69, 9.17) is 0 Å². The Kier molecular flexibility index (Phi) is 6.87. The molecular formula is C9H15F2NO2S2. The monoisotopic (exact) mass is 271 g/mol. The van der Waals surface area contributed by atoms with E-state index in [0.717, 1.165) is 6.26 Å². The third-order valence-electron chi connectivity index (χ3n) is 1.97. The maximum Gasteiger partial charge on any atom is 0.249 e. The van der Waals surface area contributed by atoms with Gasteiger partial charge in [0.1, 0.15) is 9.84 Å². The summed E-state index contributed by atoms with van der Waals surface area (Å²) < 4.78 is 47.7. The van der Waals surface area contributed by atoms with E-state index in [1.54, 1.807) is 0 Å². The van der Waals surface area contributed by atoms with Crippen molar-refractivity contribution < 1.29 is 17.2 Å². The zero-order valence-electron chi connectivity index (χ0n) is 9.08. The fourth-order valence-corrected chi connectivity index (χ4v) is 1.84. The van der Waals surface area contributed by atoms with Gasteiger partial charge < -0.3 is 0 Å². The van der Waals surface area contributed by atoms with Gasteiger partial charge in [-0.3, -0.25) is 0 Å². The predicted molar refractivity (Wildman–Crippen MR) is 63.0 cm³/mol. The van der Waals surface area contributed by atoms with Gasteiger partial charge in [0, 0.05) is 25.6 Å². The van der Waals surface area contributed by atoms with Crippen LogP contribution < -0.4 is 0 Å². The number of unbranched alkanes of at least 4 members (excludes halogenated alkanes) is 1. The highest BCUT2D eigenvalue weighted by molar-refractivity contribution is 7.90. The Labute approximate surface area is 99.9 Å². The van der Waals surface area contributed by atoms with Gasteiger partial charge in [-0.1, -0.05) is 0 Å². The minimum Gasteiger partial charge on any atom is -0.233 e. The zero-order valence-corrected chi connectivity index (χ0v) is 10.7. The van der Waals surface area contributed by atoms with Gasteiger partial charge in [0.2, 0.25) is 5.92 Å². The molecule has 0 amide bonds. The van der Waals surface area contributed by atoms with E-state index in [0.29, 0.717) is 19.4 Å². The minimum absolute atomic E-state index is 0.303. The van der Waals surface area contributed by atoms with Crippen molar-refractivity contribution in [2.24, 2.45) is 4.99 Å². The fourth-order valence-electron chi connectivity index (χ4n) is 1.08. The first-order valence-electron chi connectivity index (χ1n) is 4.86. The average molecular weight is 271 g/mol. The van der Waals surface area contributed by atoms with E-state index >= 15 is 0 Å². The molecule has 0 aliphatic carbocycles. The third kappa shape index (κ3) is 10.1. The highest BCUT2D eigenvalue weighted by atomic mass is 32.2. The van der Waals surface area contributed by atoms with Crippen LogP contribution in [0.2, 0.25) is 0 Å². The number of nitrogens with zero attached hydrogens (tertiary/aromatic N) is 1. The van der Waals surface area contributed by atoms with E-state index < -0.39 is 27.9 Å². The molecule has 0 saturated carbocycles. The molecule has 0 N–H and O–H groups in total. The van der Waals surface area contributed by atoms with Gasteiger partial charge in [0.25, 0.3) is 0 Å². The molecule has 0 aromatic heterocycles. The lowest BCUT2D eigenvalue weighted by Gasteiger charge is -2.14. The SMILES string of the molecule is CS(=O)(=O)CCC(F)(F)CCCCN=C=S. The molecule has 0 saturated heterocycles. The van der Waals surface area contributed by atoms with Gasteiger partial charge in [-0.2, -0.15) is 0 Å². The summed E-state index contributed by atoms with van der Waals surface area (Å²) in [6.07, 6.45) is 0.852. The van der Waals surface area contributed by atoms with Crippen molar-refractivity contribution in [2.75, 3.05) is 18.6 Å². The zero-order chi connectivity index (χ0) is 12.7. The van der Waals surface area contributed by atoms with Crippen molar-refractivity contribution in [1.82, 2.24) is 0 Å². The Balaban J connectivity index is 3.82. The van der Waals surface area contributed by atoms with Crippen LogP contribution >= 0.6 is 12.2 Å². The molecule has 0 spiro atoms. The molecule has 0 heterocycles. The first kappa shape index (κ1) is 15.6. The lowest BCUT2D eigenvalue weighted by Crippen LogP contribution is -2.20. The van der Waals surface area contributed by atoms with Crippen molar-refractivity contribution in [3.05, 3.63) is 0 Å². The number of hydrogen-bond acceptors (Lipinski definition) is 4. The molecule has 0 rings (SSSR count). The van der Waals surface area contributed by atoms with Crippen molar-refractivity contribution >= 4 is 27.2 Å². The molecule has 94 valence electrons. The first-order chi connectivity index (χ1) is 7.27. The van der Waals surface area contributed by atoms with Crippen molar-refractivity contribution in [3.8, 4) is 0 Å². The van der Waals surface area contributed by atoms with Gasteiger partial charge in [-0.05, 0) is 25.1 Å². The summed E-state index contributed by atoms with van der Waals surface area (Å²) in [5, 5.41) is 2.15. The van der Waals surface area contributed by atoms with E-state index in [1.165, 1.54) is 0 Å². The van der Waals surface area contributed by atoms with Gasteiger partial charge in [-0.15, -0.1) is 0 Å². The number of rotatable bonds is 8. The van der Waals surface area contributed by atoms with E-state index in [2.05, 4.69) is 22.4 Å². The maximum absolute atomic E-state index is 13.1. The minimum atomic E-state index is -3.32. The molecule has 0 unspecified atom stereocenters. The molecule has 3 nitrogen and oxygen atoms in total. The van der Waals surface area contributed by atoms with E-state index in [1.807, 2.05) is 0 Å². The molecular weight excluding hydrogens is 256 g/mol. The van der Waals surface area contributed by atoms with Crippen LogP contribution in [0.25, 0.3) is 0 Å². The fraction of sp³-hybridized carbons (Fsp3) is 0.889. The molecule has 0 aliphatic heterocycles. The Bertz CT molecular complexity index is 349. The Morgan fingerprint density at radius 3 is 2.44 bits per heavy atom. The van der Waals surface area contributed by atoms with Gasteiger partial charge >= 0.3 is 0 Å². The molecule has 0 bridgehead atoms. The largest absolute Gasteiger partial charge is 0.249 e. The Morgan fingerprint density at radius 2 is 1.94 bits per heavy atom. The maximum atomic E-state index is 13.1. The number of isothiocyanates is 1. The summed E-state index contributed by atoms with van der Waals surface area (Å²) in [6, 6.07) is 0. The van der Waals surface area contributed by atoms with Crippen LogP contribution in [-0.4, -0.2) is 38.1 Å². The van der Waals surface area contributed by atoms with Crippen LogP contribution in [0, 0.1) is 0 Å². The highest BCUT2D eigenvalue weighted by Gasteiger charge is 2.29. The Morgan fingerprint density at radius 1 is 1.31 bits per heavy atom. The van der Waals surface area contributed by atoms with E-state index in [-0.39, 0.29) is 6.42 Å². The summed E-state index contributed by atoms with van der Waals surface area (Å²) in [6.45, 7) is 0.395. The van der Waals surface area contributed by atoms with E-state index in [9.17, 15) is 17.2 Å². The molecule has 16 heavy (non-hydrogen) atoms. The van der Waals surface area contributed by atoms with Crippen LogP contribution in [0.4, 0.5) is 8.78 Å². The molecule has 0 aromatic rings. The molecule has 0 aromatic carbocycles. The number of hydrogen-bond donors (Lipinski definition) is 0. The van der Waals surface area contributed by atoms with Gasteiger partial charge in [-0.25, -0.2) is 22.2 Å². The quantitative estimate of drug-likeness (QED) is 0.387. The second kappa shape index (κ2) is 7.04. The smallest absolute Gasteiger partial charge is 0.233 e. The van der Waals surface area contributed by atoms with Gasteiger partial charge in [0.05, 0.1) is 10.9 Å². The normalized spacial score (nSPS) is 12.2. The highest BCUT2D eigenvalue weighted by Crippen LogP contribution is 2.25. The van der Waals surface area contributed by atoms with Crippen LogP contribution in [0.15, 0.2) is 4.99 Å². The van der Waals surface area contributed by atoms with Crippen LogP contribution in [0.5, 0.6) is 0 Å². The average Bonchev–Trinajstić information content (AvgIpc) is 2.14. The van der Waals surface area contributed by atoms with Crippen LogP contribution in [-0.2, 0) is 9.84 Å². The van der Waals surface area contributed by atoms with Crippen LogP contribution in [0.3, 0.4) is 0 Å². The van der Waals surface area contributed by atoms with Crippen molar-refractivity contribution in [1.29, 1.82) is 0 Å². The van der Waals surface area contributed by atoms with Gasteiger partial charge in [0.15, 0.2) is 0 Å². The van der Waals surface area contributed by atoms with Crippen molar-refractivity contribution in [3.63, 3.8) is 0 Å². The molecule has 7 heteroatoms.